The third kappa shape index (κ3) is 7.45. The minimum atomic E-state index is -3.64. The number of hydrogen-bond donors (Lipinski definition) is 1. The van der Waals surface area contributed by atoms with E-state index in [1.807, 2.05) is 0 Å². The maximum Gasteiger partial charge on any atom is 0.319 e. The molecule has 0 radical (unpaired) electrons. The van der Waals surface area contributed by atoms with E-state index in [0.29, 0.717) is 17.2 Å². The molecule has 0 unspecified atom stereocenters. The Hall–Kier alpha value is -3.15. The van der Waals surface area contributed by atoms with Crippen LogP contribution in [0, 0.1) is 0 Å². The number of benzene rings is 2. The van der Waals surface area contributed by atoms with Crippen LogP contribution in [0.1, 0.15) is 5.56 Å². The molecular weight excluding hydrogens is 450 g/mol. The molecule has 0 aromatic heterocycles. The van der Waals surface area contributed by atoms with Crippen LogP contribution in [-0.4, -0.2) is 78.0 Å². The zero-order valence-corrected chi connectivity index (χ0v) is 20.1. The fraction of sp³-hybridized carbons (Fsp3) is 0.364. The van der Waals surface area contributed by atoms with Gasteiger partial charge in [-0.3, -0.25) is 14.5 Å². The first-order valence-corrected chi connectivity index (χ1v) is 11.4. The van der Waals surface area contributed by atoms with Crippen molar-refractivity contribution in [2.24, 2.45) is 0 Å². The second-order valence-corrected chi connectivity index (χ2v) is 9.46. The third-order valence-corrected chi connectivity index (χ3v) is 6.47. The van der Waals surface area contributed by atoms with E-state index in [1.54, 1.807) is 35.2 Å². The SMILES string of the molecule is COC(=O)CN(CC(=O)Nc1cccc(S(=O)(=O)N(C)C)c1)Cc1cc(OC)cc(OC)c1. The summed E-state index contributed by atoms with van der Waals surface area (Å²) in [6.45, 7) is -0.0249. The molecule has 2 aromatic carbocycles. The van der Waals surface area contributed by atoms with Crippen molar-refractivity contribution in [1.29, 1.82) is 0 Å². The highest BCUT2D eigenvalue weighted by molar-refractivity contribution is 7.89. The van der Waals surface area contributed by atoms with Crippen LogP contribution in [0.2, 0.25) is 0 Å². The van der Waals surface area contributed by atoms with Crippen LogP contribution in [0.4, 0.5) is 5.69 Å². The lowest BCUT2D eigenvalue weighted by Crippen LogP contribution is -2.37. The zero-order valence-electron chi connectivity index (χ0n) is 19.3. The van der Waals surface area contributed by atoms with Crippen molar-refractivity contribution in [3.05, 3.63) is 48.0 Å². The third-order valence-electron chi connectivity index (χ3n) is 4.66. The molecule has 11 heteroatoms. The normalized spacial score (nSPS) is 11.4. The van der Waals surface area contributed by atoms with E-state index in [4.69, 9.17) is 14.2 Å². The van der Waals surface area contributed by atoms with Gasteiger partial charge in [0.25, 0.3) is 0 Å². The molecule has 0 aliphatic heterocycles. The standard InChI is InChI=1S/C22H29N3O7S/c1-24(2)33(28,29)20-8-6-7-17(11-20)23-21(26)14-25(15-22(27)32-5)13-16-9-18(30-3)12-19(10-16)31-4/h6-12H,13-15H2,1-5H3,(H,23,26). The van der Waals surface area contributed by atoms with Gasteiger partial charge in [0, 0.05) is 32.4 Å². The summed E-state index contributed by atoms with van der Waals surface area (Å²) in [6.07, 6.45) is 0. The van der Waals surface area contributed by atoms with Crippen LogP contribution in [0.5, 0.6) is 11.5 Å². The summed E-state index contributed by atoms with van der Waals surface area (Å²) in [7, 11) is 3.54. The zero-order chi connectivity index (χ0) is 24.6. The first-order chi connectivity index (χ1) is 15.6. The highest BCUT2D eigenvalue weighted by Gasteiger charge is 2.19. The van der Waals surface area contributed by atoms with Crippen LogP contribution in [-0.2, 0) is 30.9 Å². The molecule has 0 fully saturated rings. The minimum absolute atomic E-state index is 0.0557. The summed E-state index contributed by atoms with van der Waals surface area (Å²) in [5.41, 5.74) is 1.09. The van der Waals surface area contributed by atoms with Gasteiger partial charge in [0.05, 0.1) is 39.3 Å². The first-order valence-electron chi connectivity index (χ1n) is 9.92. The number of carbonyl (C=O) groups excluding carboxylic acids is 2. The van der Waals surface area contributed by atoms with Gasteiger partial charge in [-0.25, -0.2) is 12.7 Å². The highest BCUT2D eigenvalue weighted by Crippen LogP contribution is 2.23. The molecule has 2 rings (SSSR count). The largest absolute Gasteiger partial charge is 0.497 e. The molecule has 0 heterocycles. The molecule has 10 nitrogen and oxygen atoms in total. The Morgan fingerprint density at radius 3 is 2.12 bits per heavy atom. The van der Waals surface area contributed by atoms with Gasteiger partial charge in [0.15, 0.2) is 0 Å². The quantitative estimate of drug-likeness (QED) is 0.483. The van der Waals surface area contributed by atoms with Crippen LogP contribution in [0.3, 0.4) is 0 Å². The van der Waals surface area contributed by atoms with E-state index in [0.717, 1.165) is 9.87 Å². The number of amides is 1. The number of methoxy groups -OCH3 is 3. The maximum absolute atomic E-state index is 12.7. The van der Waals surface area contributed by atoms with Gasteiger partial charge in [0.1, 0.15) is 11.5 Å². The van der Waals surface area contributed by atoms with Gasteiger partial charge in [-0.2, -0.15) is 0 Å². The van der Waals surface area contributed by atoms with E-state index in [1.165, 1.54) is 47.6 Å². The Morgan fingerprint density at radius 2 is 1.58 bits per heavy atom. The minimum Gasteiger partial charge on any atom is -0.497 e. The second-order valence-electron chi connectivity index (χ2n) is 7.31. The topological polar surface area (TPSA) is 114 Å². The van der Waals surface area contributed by atoms with Gasteiger partial charge < -0.3 is 19.5 Å². The van der Waals surface area contributed by atoms with Crippen LogP contribution in [0.25, 0.3) is 0 Å². The predicted octanol–water partition coefficient (Wildman–Crippen LogP) is 1.57. The number of rotatable bonds is 11. The summed E-state index contributed by atoms with van der Waals surface area (Å²) in [5.74, 6) is 0.223. The fourth-order valence-electron chi connectivity index (χ4n) is 2.98. The summed E-state index contributed by atoms with van der Waals surface area (Å²) >= 11 is 0. The lowest BCUT2D eigenvalue weighted by Gasteiger charge is -2.21. The van der Waals surface area contributed by atoms with Crippen molar-refractivity contribution in [3.63, 3.8) is 0 Å². The lowest BCUT2D eigenvalue weighted by molar-refractivity contribution is -0.142. The van der Waals surface area contributed by atoms with E-state index < -0.39 is 21.9 Å². The van der Waals surface area contributed by atoms with Crippen molar-refractivity contribution in [1.82, 2.24) is 9.21 Å². The van der Waals surface area contributed by atoms with Gasteiger partial charge in [-0.05, 0) is 35.9 Å². The van der Waals surface area contributed by atoms with Gasteiger partial charge in [-0.15, -0.1) is 0 Å². The highest BCUT2D eigenvalue weighted by atomic mass is 32.2. The average Bonchev–Trinajstić information content (AvgIpc) is 2.78. The lowest BCUT2D eigenvalue weighted by atomic mass is 10.2. The van der Waals surface area contributed by atoms with Crippen molar-refractivity contribution >= 4 is 27.6 Å². The summed E-state index contributed by atoms with van der Waals surface area (Å²) in [5, 5.41) is 2.68. The van der Waals surface area contributed by atoms with Crippen LogP contribution >= 0.6 is 0 Å². The van der Waals surface area contributed by atoms with E-state index >= 15 is 0 Å². The van der Waals surface area contributed by atoms with Gasteiger partial charge in [-0.1, -0.05) is 6.07 Å². The number of nitrogens with zero attached hydrogens (tertiary/aromatic N) is 2. The van der Waals surface area contributed by atoms with E-state index in [-0.39, 0.29) is 24.5 Å². The number of esters is 1. The first kappa shape index (κ1) is 26.1. The van der Waals surface area contributed by atoms with Crippen molar-refractivity contribution < 1.29 is 32.2 Å². The van der Waals surface area contributed by atoms with Crippen molar-refractivity contribution in [2.75, 3.05) is 53.8 Å². The second kappa shape index (κ2) is 11.6. The Kier molecular flexibility index (Phi) is 9.21. The molecule has 0 saturated heterocycles. The van der Waals surface area contributed by atoms with Gasteiger partial charge >= 0.3 is 5.97 Å². The molecule has 2 aromatic rings. The van der Waals surface area contributed by atoms with Gasteiger partial charge in [0.2, 0.25) is 15.9 Å². The molecule has 0 atom stereocenters. The number of carbonyl (C=O) groups is 2. The molecular formula is C22H29N3O7S. The predicted molar refractivity (Wildman–Crippen MR) is 123 cm³/mol. The smallest absolute Gasteiger partial charge is 0.319 e. The Balaban J connectivity index is 2.19. The number of anilines is 1. The molecule has 0 spiro atoms. The van der Waals surface area contributed by atoms with Crippen LogP contribution in [0.15, 0.2) is 47.4 Å². The fourth-order valence-corrected chi connectivity index (χ4v) is 3.93. The summed E-state index contributed by atoms with van der Waals surface area (Å²) in [4.78, 5) is 26.3. The number of nitrogens with one attached hydrogen (secondary N) is 1. The Labute approximate surface area is 194 Å². The van der Waals surface area contributed by atoms with E-state index in [9.17, 15) is 18.0 Å². The van der Waals surface area contributed by atoms with Crippen LogP contribution < -0.4 is 14.8 Å². The summed E-state index contributed by atoms with van der Waals surface area (Å²) < 4.78 is 41.1. The molecule has 33 heavy (non-hydrogen) atoms. The van der Waals surface area contributed by atoms with E-state index in [2.05, 4.69) is 5.32 Å². The Morgan fingerprint density at radius 1 is 0.939 bits per heavy atom. The monoisotopic (exact) mass is 479 g/mol. The van der Waals surface area contributed by atoms with Crippen molar-refractivity contribution in [3.8, 4) is 11.5 Å². The molecule has 1 N–H and O–H groups in total. The van der Waals surface area contributed by atoms with Crippen molar-refractivity contribution in [2.45, 2.75) is 11.4 Å². The Bertz CT molecular complexity index is 1060. The molecule has 0 saturated carbocycles. The number of ether oxygens (including phenoxy) is 3. The molecule has 180 valence electrons. The number of sulfonamides is 1. The summed E-state index contributed by atoms with van der Waals surface area (Å²) in [6, 6.07) is 11.2. The molecule has 0 bridgehead atoms. The molecule has 0 aliphatic carbocycles. The molecule has 0 aliphatic rings. The maximum atomic E-state index is 12.7. The average molecular weight is 480 g/mol. The number of hydrogen-bond acceptors (Lipinski definition) is 8. The molecule has 1 amide bonds.